The maximum atomic E-state index is 11.7. The van der Waals surface area contributed by atoms with Crippen LogP contribution in [0.5, 0.6) is 5.75 Å². The number of amides is 1. The van der Waals surface area contributed by atoms with Gasteiger partial charge in [-0.15, -0.1) is 12.4 Å². The van der Waals surface area contributed by atoms with Gasteiger partial charge in [0, 0.05) is 19.0 Å². The molecule has 0 heterocycles. The third-order valence-electron chi connectivity index (χ3n) is 2.90. The van der Waals surface area contributed by atoms with E-state index in [1.165, 1.54) is 0 Å². The first-order valence-corrected chi connectivity index (χ1v) is 6.14. The Morgan fingerprint density at radius 3 is 2.68 bits per heavy atom. The van der Waals surface area contributed by atoms with Gasteiger partial charge in [-0.25, -0.2) is 0 Å². The predicted molar refractivity (Wildman–Crippen MR) is 79.9 cm³/mol. The summed E-state index contributed by atoms with van der Waals surface area (Å²) in [6.07, 6.45) is 0. The van der Waals surface area contributed by atoms with E-state index >= 15 is 0 Å². The van der Waals surface area contributed by atoms with Gasteiger partial charge in [-0.05, 0) is 31.2 Å². The average Bonchev–Trinajstić information content (AvgIpc) is 2.37. The molecule has 4 nitrogen and oxygen atoms in total. The Morgan fingerprint density at radius 2 is 2.11 bits per heavy atom. The minimum absolute atomic E-state index is 0. The molecule has 1 aromatic carbocycles. The number of ether oxygens (including phenoxy) is 1. The number of hydrogen-bond acceptors (Lipinski definition) is 3. The van der Waals surface area contributed by atoms with Crippen molar-refractivity contribution < 1.29 is 9.53 Å². The Kier molecular flexibility index (Phi) is 8.19. The third kappa shape index (κ3) is 5.49. The first kappa shape index (κ1) is 17.7. The van der Waals surface area contributed by atoms with Gasteiger partial charge in [0.05, 0.1) is 7.11 Å². The highest BCUT2D eigenvalue weighted by Crippen LogP contribution is 2.18. The predicted octanol–water partition coefficient (Wildman–Crippen LogP) is 1.90. The Balaban J connectivity index is 0.00000324. The molecule has 0 aliphatic rings. The molecule has 0 saturated heterocycles. The second kappa shape index (κ2) is 8.77. The number of carbonyl (C=O) groups excluding carboxylic acids is 1. The first-order chi connectivity index (χ1) is 8.58. The molecule has 108 valence electrons. The second-order valence-corrected chi connectivity index (χ2v) is 4.48. The molecule has 1 atom stereocenters. The second-order valence-electron chi connectivity index (χ2n) is 4.48. The van der Waals surface area contributed by atoms with Gasteiger partial charge in [-0.3, -0.25) is 4.79 Å². The van der Waals surface area contributed by atoms with Gasteiger partial charge >= 0.3 is 0 Å². The lowest BCUT2D eigenvalue weighted by Crippen LogP contribution is -2.33. The summed E-state index contributed by atoms with van der Waals surface area (Å²) in [4.78, 5) is 11.7. The molecule has 1 aromatic rings. The molecule has 0 bridgehead atoms. The zero-order valence-electron chi connectivity index (χ0n) is 11.9. The fourth-order valence-electron chi connectivity index (χ4n) is 1.74. The van der Waals surface area contributed by atoms with Crippen LogP contribution in [0.4, 0.5) is 0 Å². The van der Waals surface area contributed by atoms with E-state index in [9.17, 15) is 4.79 Å². The van der Waals surface area contributed by atoms with Gasteiger partial charge in [-0.1, -0.05) is 19.1 Å². The van der Waals surface area contributed by atoms with E-state index in [1.807, 2.05) is 39.1 Å². The SMILES string of the molecule is CNCC(C)C(=O)NCc1ccc(C)c(OC)c1.Cl. The average molecular weight is 287 g/mol. The molecular formula is C14H23ClN2O2. The molecule has 0 saturated carbocycles. The highest BCUT2D eigenvalue weighted by Gasteiger charge is 2.11. The normalized spacial score (nSPS) is 11.4. The zero-order valence-corrected chi connectivity index (χ0v) is 12.8. The number of benzene rings is 1. The van der Waals surface area contributed by atoms with Gasteiger partial charge < -0.3 is 15.4 Å². The lowest BCUT2D eigenvalue weighted by atomic mass is 10.1. The number of methoxy groups -OCH3 is 1. The van der Waals surface area contributed by atoms with Crippen LogP contribution in [-0.2, 0) is 11.3 Å². The quantitative estimate of drug-likeness (QED) is 0.840. The molecule has 19 heavy (non-hydrogen) atoms. The zero-order chi connectivity index (χ0) is 13.5. The molecule has 1 rings (SSSR count). The molecule has 0 fully saturated rings. The highest BCUT2D eigenvalue weighted by atomic mass is 35.5. The maximum absolute atomic E-state index is 11.7. The highest BCUT2D eigenvalue weighted by molar-refractivity contribution is 5.85. The van der Waals surface area contributed by atoms with E-state index < -0.39 is 0 Å². The molecule has 1 amide bonds. The topological polar surface area (TPSA) is 50.4 Å². The van der Waals surface area contributed by atoms with Crippen LogP contribution in [0.2, 0.25) is 0 Å². The molecule has 0 radical (unpaired) electrons. The van der Waals surface area contributed by atoms with Crippen molar-refractivity contribution in [1.29, 1.82) is 0 Å². The van der Waals surface area contributed by atoms with Crippen molar-refractivity contribution in [3.8, 4) is 5.75 Å². The van der Waals surface area contributed by atoms with E-state index in [-0.39, 0.29) is 24.2 Å². The summed E-state index contributed by atoms with van der Waals surface area (Å²) in [5.74, 6) is 0.885. The Hall–Kier alpha value is -1.26. The van der Waals surface area contributed by atoms with Gasteiger partial charge in [0.2, 0.25) is 5.91 Å². The summed E-state index contributed by atoms with van der Waals surface area (Å²) in [5.41, 5.74) is 2.14. The standard InChI is InChI=1S/C14H22N2O2.ClH/c1-10-5-6-12(7-13(10)18-4)9-16-14(17)11(2)8-15-3;/h5-7,11,15H,8-9H2,1-4H3,(H,16,17);1H. The number of rotatable bonds is 6. The number of hydrogen-bond donors (Lipinski definition) is 2. The van der Waals surface area contributed by atoms with Gasteiger partial charge in [0.25, 0.3) is 0 Å². The Labute approximate surface area is 121 Å². The lowest BCUT2D eigenvalue weighted by Gasteiger charge is -2.12. The monoisotopic (exact) mass is 286 g/mol. The minimum Gasteiger partial charge on any atom is -0.496 e. The molecule has 0 aromatic heterocycles. The van der Waals surface area contributed by atoms with Crippen LogP contribution in [0.25, 0.3) is 0 Å². The van der Waals surface area contributed by atoms with Crippen molar-refractivity contribution >= 4 is 18.3 Å². The summed E-state index contributed by atoms with van der Waals surface area (Å²) in [6, 6.07) is 5.95. The summed E-state index contributed by atoms with van der Waals surface area (Å²) >= 11 is 0. The van der Waals surface area contributed by atoms with Crippen molar-refractivity contribution in [3.63, 3.8) is 0 Å². The summed E-state index contributed by atoms with van der Waals surface area (Å²) < 4.78 is 5.26. The fourth-order valence-corrected chi connectivity index (χ4v) is 1.74. The van der Waals surface area contributed by atoms with Crippen LogP contribution in [0, 0.1) is 12.8 Å². The van der Waals surface area contributed by atoms with E-state index in [2.05, 4.69) is 10.6 Å². The van der Waals surface area contributed by atoms with Gasteiger partial charge in [-0.2, -0.15) is 0 Å². The molecule has 2 N–H and O–H groups in total. The van der Waals surface area contributed by atoms with Crippen LogP contribution in [0.3, 0.4) is 0 Å². The van der Waals surface area contributed by atoms with Crippen LogP contribution >= 0.6 is 12.4 Å². The largest absolute Gasteiger partial charge is 0.496 e. The van der Waals surface area contributed by atoms with E-state index in [1.54, 1.807) is 7.11 Å². The Bertz CT molecular complexity index is 410. The van der Waals surface area contributed by atoms with Crippen LogP contribution in [0.15, 0.2) is 18.2 Å². The Morgan fingerprint density at radius 1 is 1.42 bits per heavy atom. The van der Waals surface area contributed by atoms with Gasteiger partial charge in [0.1, 0.15) is 5.75 Å². The number of carbonyl (C=O) groups is 1. The van der Waals surface area contributed by atoms with Crippen molar-refractivity contribution in [2.45, 2.75) is 20.4 Å². The van der Waals surface area contributed by atoms with Crippen LogP contribution in [0.1, 0.15) is 18.1 Å². The number of aryl methyl sites for hydroxylation is 1. The van der Waals surface area contributed by atoms with E-state index in [4.69, 9.17) is 4.74 Å². The molecule has 5 heteroatoms. The minimum atomic E-state index is -0.0256. The van der Waals surface area contributed by atoms with Crippen molar-refractivity contribution in [2.24, 2.45) is 5.92 Å². The molecular weight excluding hydrogens is 264 g/mol. The molecule has 0 aliphatic carbocycles. The van der Waals surface area contributed by atoms with E-state index in [0.717, 1.165) is 16.9 Å². The fraction of sp³-hybridized carbons (Fsp3) is 0.500. The summed E-state index contributed by atoms with van der Waals surface area (Å²) in [6.45, 7) is 5.12. The summed E-state index contributed by atoms with van der Waals surface area (Å²) in [5, 5.41) is 5.91. The van der Waals surface area contributed by atoms with Crippen molar-refractivity contribution in [1.82, 2.24) is 10.6 Å². The smallest absolute Gasteiger partial charge is 0.224 e. The lowest BCUT2D eigenvalue weighted by molar-refractivity contribution is -0.124. The maximum Gasteiger partial charge on any atom is 0.224 e. The van der Waals surface area contributed by atoms with Gasteiger partial charge in [0.15, 0.2) is 0 Å². The first-order valence-electron chi connectivity index (χ1n) is 6.14. The summed E-state index contributed by atoms with van der Waals surface area (Å²) in [7, 11) is 3.49. The third-order valence-corrected chi connectivity index (χ3v) is 2.90. The number of nitrogens with one attached hydrogen (secondary N) is 2. The van der Waals surface area contributed by atoms with Crippen LogP contribution in [-0.4, -0.2) is 26.6 Å². The van der Waals surface area contributed by atoms with E-state index in [0.29, 0.717) is 13.1 Å². The van der Waals surface area contributed by atoms with Crippen LogP contribution < -0.4 is 15.4 Å². The molecule has 1 unspecified atom stereocenters. The van der Waals surface area contributed by atoms with Crippen molar-refractivity contribution in [2.75, 3.05) is 20.7 Å². The number of halogens is 1. The van der Waals surface area contributed by atoms with Crippen molar-refractivity contribution in [3.05, 3.63) is 29.3 Å². The molecule has 0 aliphatic heterocycles. The molecule has 0 spiro atoms.